The molecular formula is C23H19ClFN3O3S. The molecule has 0 aliphatic carbocycles. The molecular weight excluding hydrogens is 453 g/mol. The molecule has 0 bridgehead atoms. The van der Waals surface area contributed by atoms with Crippen molar-refractivity contribution in [1.82, 2.24) is 14.9 Å². The number of aromatic nitrogens is 2. The quantitative estimate of drug-likeness (QED) is 0.466. The van der Waals surface area contributed by atoms with Crippen LogP contribution in [0, 0.1) is 12.7 Å². The number of hydrogen-bond acceptors (Lipinski definition) is 4. The third kappa shape index (κ3) is 3.87. The van der Waals surface area contributed by atoms with Gasteiger partial charge in [0.1, 0.15) is 11.5 Å². The summed E-state index contributed by atoms with van der Waals surface area (Å²) in [6.45, 7) is 1.55. The zero-order chi connectivity index (χ0) is 23.0. The van der Waals surface area contributed by atoms with Gasteiger partial charge >= 0.3 is 0 Å². The van der Waals surface area contributed by atoms with Gasteiger partial charge in [-0.3, -0.25) is 9.78 Å². The van der Waals surface area contributed by atoms with Gasteiger partial charge in [0.15, 0.2) is 0 Å². The Labute approximate surface area is 189 Å². The molecule has 164 valence electrons. The van der Waals surface area contributed by atoms with Crippen molar-refractivity contribution in [3.05, 3.63) is 88.6 Å². The van der Waals surface area contributed by atoms with Crippen LogP contribution in [-0.4, -0.2) is 23.9 Å². The summed E-state index contributed by atoms with van der Waals surface area (Å²) in [6.07, 6.45) is 1.61. The summed E-state index contributed by atoms with van der Waals surface area (Å²) in [4.78, 5) is 17.2. The zero-order valence-electron chi connectivity index (χ0n) is 17.3. The smallest absolute Gasteiger partial charge is 0.268 e. The maximum atomic E-state index is 14.4. The van der Waals surface area contributed by atoms with Crippen LogP contribution in [0.1, 0.15) is 21.7 Å². The lowest BCUT2D eigenvalue weighted by Crippen LogP contribution is -2.25. The first-order valence-corrected chi connectivity index (χ1v) is 11.5. The fourth-order valence-electron chi connectivity index (χ4n) is 3.53. The van der Waals surface area contributed by atoms with Gasteiger partial charge in [0.25, 0.3) is 5.91 Å². The molecule has 2 aromatic heterocycles. The normalized spacial score (nSPS) is 11.6. The first-order chi connectivity index (χ1) is 15.2. The number of benzene rings is 2. The standard InChI is InChI=1S/C23H19ClFN3O3S/c1-14-22(32(30,31)16-7-5-15(24)6-8-16)12-21(28(14)2)23(29)27-13-18-17-4-3-11-26-20(17)10-9-19(18)25/h3-12H,13H2,1-2H3,(H,27,29). The first-order valence-electron chi connectivity index (χ1n) is 9.67. The topological polar surface area (TPSA) is 81.1 Å². The molecule has 2 aromatic carbocycles. The molecule has 0 unspecified atom stereocenters. The summed E-state index contributed by atoms with van der Waals surface area (Å²) in [6, 6.07) is 13.5. The van der Waals surface area contributed by atoms with E-state index in [4.69, 9.17) is 11.6 Å². The Balaban J connectivity index is 1.64. The third-order valence-electron chi connectivity index (χ3n) is 5.40. The molecule has 0 radical (unpaired) electrons. The Kier molecular flexibility index (Phi) is 5.75. The van der Waals surface area contributed by atoms with Gasteiger partial charge in [-0.05, 0) is 55.5 Å². The summed E-state index contributed by atoms with van der Waals surface area (Å²) in [5, 5.41) is 3.71. The number of pyridine rings is 1. The van der Waals surface area contributed by atoms with Gasteiger partial charge in [-0.25, -0.2) is 12.8 Å². The van der Waals surface area contributed by atoms with Gasteiger partial charge in [0.2, 0.25) is 9.84 Å². The molecule has 9 heteroatoms. The second kappa shape index (κ2) is 8.37. The monoisotopic (exact) mass is 471 g/mol. The van der Waals surface area contributed by atoms with Crippen LogP contribution in [0.15, 0.2) is 70.6 Å². The van der Waals surface area contributed by atoms with Crippen molar-refractivity contribution in [3.63, 3.8) is 0 Å². The number of rotatable bonds is 5. The first kappa shape index (κ1) is 22.0. The lowest BCUT2D eigenvalue weighted by atomic mass is 10.1. The Hall–Kier alpha value is -3.23. The highest BCUT2D eigenvalue weighted by molar-refractivity contribution is 7.91. The minimum Gasteiger partial charge on any atom is -0.347 e. The number of halogens is 2. The summed E-state index contributed by atoms with van der Waals surface area (Å²) in [7, 11) is -2.25. The van der Waals surface area contributed by atoms with Crippen LogP contribution in [0.3, 0.4) is 0 Å². The Morgan fingerprint density at radius 2 is 1.88 bits per heavy atom. The second-order valence-electron chi connectivity index (χ2n) is 7.27. The molecule has 0 aliphatic heterocycles. The molecule has 0 atom stereocenters. The van der Waals surface area contributed by atoms with Crippen molar-refractivity contribution in [2.75, 3.05) is 0 Å². The van der Waals surface area contributed by atoms with Crippen molar-refractivity contribution >= 4 is 38.2 Å². The highest BCUT2D eigenvalue weighted by Gasteiger charge is 2.26. The summed E-state index contributed by atoms with van der Waals surface area (Å²) in [5.74, 6) is -0.978. The van der Waals surface area contributed by atoms with Crippen molar-refractivity contribution in [3.8, 4) is 0 Å². The molecule has 6 nitrogen and oxygen atoms in total. The van der Waals surface area contributed by atoms with Crippen LogP contribution >= 0.6 is 11.6 Å². The van der Waals surface area contributed by atoms with E-state index < -0.39 is 21.6 Å². The highest BCUT2D eigenvalue weighted by atomic mass is 35.5. The SMILES string of the molecule is Cc1c(S(=O)(=O)c2ccc(Cl)cc2)cc(C(=O)NCc2c(F)ccc3ncccc23)n1C. The van der Waals surface area contributed by atoms with E-state index in [2.05, 4.69) is 10.3 Å². The van der Waals surface area contributed by atoms with Crippen LogP contribution in [0.2, 0.25) is 5.02 Å². The van der Waals surface area contributed by atoms with Crippen LogP contribution in [-0.2, 0) is 23.4 Å². The van der Waals surface area contributed by atoms with Crippen molar-refractivity contribution < 1.29 is 17.6 Å². The Morgan fingerprint density at radius 1 is 1.16 bits per heavy atom. The molecule has 4 aromatic rings. The molecule has 2 heterocycles. The summed E-state index contributed by atoms with van der Waals surface area (Å²) < 4.78 is 42.1. The van der Waals surface area contributed by atoms with E-state index in [1.165, 1.54) is 41.0 Å². The molecule has 0 saturated carbocycles. The van der Waals surface area contributed by atoms with Crippen LogP contribution in [0.4, 0.5) is 4.39 Å². The van der Waals surface area contributed by atoms with Crippen LogP contribution in [0.5, 0.6) is 0 Å². The molecule has 1 N–H and O–H groups in total. The van der Waals surface area contributed by atoms with Crippen LogP contribution in [0.25, 0.3) is 10.9 Å². The van der Waals surface area contributed by atoms with Gasteiger partial charge in [0.05, 0.1) is 15.3 Å². The largest absolute Gasteiger partial charge is 0.347 e. The molecule has 1 amide bonds. The molecule has 32 heavy (non-hydrogen) atoms. The molecule has 0 saturated heterocycles. The molecule has 0 aliphatic rings. The number of fused-ring (bicyclic) bond motifs is 1. The molecule has 0 fully saturated rings. The van der Waals surface area contributed by atoms with Crippen molar-refractivity contribution in [2.24, 2.45) is 7.05 Å². The van der Waals surface area contributed by atoms with Gasteiger partial charge in [-0.1, -0.05) is 17.7 Å². The maximum Gasteiger partial charge on any atom is 0.268 e. The van der Waals surface area contributed by atoms with Crippen molar-refractivity contribution in [1.29, 1.82) is 0 Å². The predicted octanol–water partition coefficient (Wildman–Crippen LogP) is 4.44. The number of nitrogens with one attached hydrogen (secondary N) is 1. The lowest BCUT2D eigenvalue weighted by molar-refractivity contribution is 0.0942. The lowest BCUT2D eigenvalue weighted by Gasteiger charge is -2.10. The Morgan fingerprint density at radius 3 is 2.59 bits per heavy atom. The average Bonchev–Trinajstić information content (AvgIpc) is 3.08. The van der Waals surface area contributed by atoms with Crippen molar-refractivity contribution in [2.45, 2.75) is 23.3 Å². The van der Waals surface area contributed by atoms with E-state index in [0.29, 0.717) is 27.2 Å². The minimum absolute atomic E-state index is 0.0213. The number of carbonyl (C=O) groups excluding carboxylic acids is 1. The molecule has 4 rings (SSSR count). The van der Waals surface area contributed by atoms with Crippen LogP contribution < -0.4 is 5.32 Å². The van der Waals surface area contributed by atoms with Gasteiger partial charge in [0, 0.05) is 41.5 Å². The van der Waals surface area contributed by atoms with E-state index in [-0.39, 0.29) is 22.0 Å². The zero-order valence-corrected chi connectivity index (χ0v) is 18.8. The number of amides is 1. The van der Waals surface area contributed by atoms with E-state index in [1.54, 1.807) is 38.4 Å². The van der Waals surface area contributed by atoms with Gasteiger partial charge < -0.3 is 9.88 Å². The summed E-state index contributed by atoms with van der Waals surface area (Å²) >= 11 is 5.86. The highest BCUT2D eigenvalue weighted by Crippen LogP contribution is 2.27. The second-order valence-corrected chi connectivity index (χ2v) is 9.63. The fraction of sp³-hybridized carbons (Fsp3) is 0.130. The number of carbonyl (C=O) groups is 1. The van der Waals surface area contributed by atoms with E-state index in [0.717, 1.165) is 0 Å². The van der Waals surface area contributed by atoms with E-state index in [9.17, 15) is 17.6 Å². The van der Waals surface area contributed by atoms with Gasteiger partial charge in [-0.2, -0.15) is 0 Å². The van der Waals surface area contributed by atoms with E-state index in [1.807, 2.05) is 0 Å². The molecule has 0 spiro atoms. The average molecular weight is 472 g/mol. The summed E-state index contributed by atoms with van der Waals surface area (Å²) in [5.41, 5.74) is 1.48. The maximum absolute atomic E-state index is 14.4. The van der Waals surface area contributed by atoms with E-state index >= 15 is 0 Å². The number of sulfone groups is 1. The predicted molar refractivity (Wildman–Crippen MR) is 120 cm³/mol. The minimum atomic E-state index is -3.85. The Bertz CT molecular complexity index is 1450. The third-order valence-corrected chi connectivity index (χ3v) is 7.54. The van der Waals surface area contributed by atoms with Gasteiger partial charge in [-0.15, -0.1) is 0 Å². The number of hydrogen-bond donors (Lipinski definition) is 1. The number of nitrogens with zero attached hydrogens (tertiary/aromatic N) is 2. The fourth-order valence-corrected chi connectivity index (χ4v) is 5.19.